The zero-order chi connectivity index (χ0) is 14.6. The predicted molar refractivity (Wildman–Crippen MR) is 79.7 cm³/mol. The highest BCUT2D eigenvalue weighted by Crippen LogP contribution is 2.40. The third-order valence-corrected chi connectivity index (χ3v) is 4.85. The molecule has 0 saturated heterocycles. The van der Waals surface area contributed by atoms with Crippen molar-refractivity contribution in [3.63, 3.8) is 0 Å². The van der Waals surface area contributed by atoms with Gasteiger partial charge in [0.05, 0.1) is 12.8 Å². The number of aryl methyl sites for hydroxylation is 1. The van der Waals surface area contributed by atoms with Crippen LogP contribution < -0.4 is 5.32 Å². The lowest BCUT2D eigenvalue weighted by Gasteiger charge is -2.27. The van der Waals surface area contributed by atoms with E-state index < -0.39 is 5.54 Å². The molecule has 1 fully saturated rings. The summed E-state index contributed by atoms with van der Waals surface area (Å²) in [7, 11) is 1.92. The number of thioether (sulfide) groups is 1. The number of carbonyl (C=O) groups is 1. The summed E-state index contributed by atoms with van der Waals surface area (Å²) >= 11 is 1.80. The van der Waals surface area contributed by atoms with Crippen LogP contribution in [0.15, 0.2) is 17.3 Å². The molecule has 5 nitrogen and oxygen atoms in total. The number of nitrogens with zero attached hydrogens (tertiary/aromatic N) is 2. The lowest BCUT2D eigenvalue weighted by atomic mass is 9.98. The van der Waals surface area contributed by atoms with Crippen LogP contribution in [0.25, 0.3) is 0 Å². The van der Waals surface area contributed by atoms with Gasteiger partial charge in [0.1, 0.15) is 5.54 Å². The number of ether oxygens (including phenoxy) is 1. The first-order chi connectivity index (χ1) is 9.59. The van der Waals surface area contributed by atoms with Crippen LogP contribution in [0.5, 0.6) is 0 Å². The quantitative estimate of drug-likeness (QED) is 0.814. The van der Waals surface area contributed by atoms with Gasteiger partial charge in [-0.1, -0.05) is 6.92 Å². The monoisotopic (exact) mass is 297 g/mol. The summed E-state index contributed by atoms with van der Waals surface area (Å²) < 4.78 is 7.06. The van der Waals surface area contributed by atoms with E-state index in [0.717, 1.165) is 30.7 Å². The highest BCUT2D eigenvalue weighted by Gasteiger charge is 2.46. The van der Waals surface area contributed by atoms with Crippen molar-refractivity contribution in [3.8, 4) is 0 Å². The van der Waals surface area contributed by atoms with Crippen molar-refractivity contribution in [1.82, 2.24) is 15.1 Å². The van der Waals surface area contributed by atoms with Crippen LogP contribution in [-0.2, 0) is 16.6 Å². The molecule has 6 heteroatoms. The van der Waals surface area contributed by atoms with Gasteiger partial charge in [0.15, 0.2) is 0 Å². The van der Waals surface area contributed by atoms with E-state index in [1.807, 2.05) is 33.3 Å². The number of likely N-dealkylation sites (N-methyl/N-ethyl adjacent to an activating group) is 1. The second-order valence-electron chi connectivity index (χ2n) is 5.17. The van der Waals surface area contributed by atoms with Gasteiger partial charge in [0, 0.05) is 23.4 Å². The molecule has 0 amide bonds. The fourth-order valence-electron chi connectivity index (χ4n) is 2.78. The van der Waals surface area contributed by atoms with E-state index in [9.17, 15) is 4.79 Å². The largest absolute Gasteiger partial charge is 0.465 e. The third-order valence-electron chi connectivity index (χ3n) is 3.63. The number of carbonyl (C=O) groups excluding carboxylic acids is 1. The molecule has 1 aromatic heterocycles. The minimum Gasteiger partial charge on any atom is -0.465 e. The topological polar surface area (TPSA) is 56.1 Å². The molecule has 2 atom stereocenters. The maximum Gasteiger partial charge on any atom is 0.326 e. The van der Waals surface area contributed by atoms with Crippen molar-refractivity contribution in [2.24, 2.45) is 7.05 Å². The van der Waals surface area contributed by atoms with Crippen LogP contribution in [0.3, 0.4) is 0 Å². The highest BCUT2D eigenvalue weighted by atomic mass is 32.2. The van der Waals surface area contributed by atoms with Crippen molar-refractivity contribution < 1.29 is 9.53 Å². The zero-order valence-electron chi connectivity index (χ0n) is 12.4. The number of rotatable bonds is 6. The summed E-state index contributed by atoms with van der Waals surface area (Å²) in [6, 6.07) is 0. The van der Waals surface area contributed by atoms with Gasteiger partial charge in [-0.25, -0.2) is 0 Å². The number of hydrogen-bond acceptors (Lipinski definition) is 5. The molecule has 20 heavy (non-hydrogen) atoms. The Morgan fingerprint density at radius 3 is 3.05 bits per heavy atom. The highest BCUT2D eigenvalue weighted by molar-refractivity contribution is 8.00. The number of hydrogen-bond donors (Lipinski definition) is 1. The Morgan fingerprint density at radius 1 is 1.65 bits per heavy atom. The number of nitrogens with one attached hydrogen (secondary N) is 1. The van der Waals surface area contributed by atoms with Crippen LogP contribution in [0.4, 0.5) is 0 Å². The Hall–Kier alpha value is -1.01. The zero-order valence-corrected chi connectivity index (χ0v) is 13.2. The van der Waals surface area contributed by atoms with Crippen LogP contribution in [-0.4, -0.2) is 39.7 Å². The molecular weight excluding hydrogens is 274 g/mol. The van der Waals surface area contributed by atoms with Crippen LogP contribution in [0.2, 0.25) is 0 Å². The Balaban J connectivity index is 2.01. The molecule has 0 aromatic carbocycles. The summed E-state index contributed by atoms with van der Waals surface area (Å²) in [6.45, 7) is 5.10. The van der Waals surface area contributed by atoms with E-state index >= 15 is 0 Å². The maximum absolute atomic E-state index is 12.2. The fraction of sp³-hybridized carbons (Fsp3) is 0.714. The van der Waals surface area contributed by atoms with Gasteiger partial charge in [0.25, 0.3) is 0 Å². The van der Waals surface area contributed by atoms with Gasteiger partial charge >= 0.3 is 5.97 Å². The van der Waals surface area contributed by atoms with Gasteiger partial charge in [-0.3, -0.25) is 9.48 Å². The molecule has 1 aromatic rings. The van der Waals surface area contributed by atoms with Crippen molar-refractivity contribution in [2.75, 3.05) is 13.2 Å². The summed E-state index contributed by atoms with van der Waals surface area (Å²) in [5, 5.41) is 7.97. The molecule has 0 bridgehead atoms. The molecule has 112 valence electrons. The molecule has 0 radical (unpaired) electrons. The second-order valence-corrected chi connectivity index (χ2v) is 6.54. The van der Waals surface area contributed by atoms with Crippen molar-refractivity contribution >= 4 is 17.7 Å². The number of aromatic nitrogens is 2. The number of esters is 1. The van der Waals surface area contributed by atoms with Gasteiger partial charge in [-0.15, -0.1) is 11.8 Å². The molecule has 1 aliphatic rings. The van der Waals surface area contributed by atoms with Crippen molar-refractivity contribution in [3.05, 3.63) is 12.4 Å². The summed E-state index contributed by atoms with van der Waals surface area (Å²) in [5.74, 6) is -0.101. The van der Waals surface area contributed by atoms with Gasteiger partial charge < -0.3 is 10.1 Å². The summed E-state index contributed by atoms with van der Waals surface area (Å²) in [4.78, 5) is 13.4. The summed E-state index contributed by atoms with van der Waals surface area (Å²) in [6.07, 6.45) is 6.58. The smallest absolute Gasteiger partial charge is 0.326 e. The van der Waals surface area contributed by atoms with E-state index in [1.165, 1.54) is 0 Å². The Kier molecular flexibility index (Phi) is 5.10. The Bertz CT molecular complexity index is 463. The van der Waals surface area contributed by atoms with E-state index in [1.54, 1.807) is 16.4 Å². The van der Waals surface area contributed by atoms with E-state index in [4.69, 9.17) is 4.74 Å². The minimum absolute atomic E-state index is 0.101. The molecule has 1 N–H and O–H groups in total. The molecule has 2 unspecified atom stereocenters. The average molecular weight is 297 g/mol. The second kappa shape index (κ2) is 6.63. The van der Waals surface area contributed by atoms with Crippen molar-refractivity contribution in [1.29, 1.82) is 0 Å². The standard InChI is InChI=1S/C14H23N3O2S/c1-4-15-14(13(18)19-5-2)7-6-11(8-14)20-12-9-16-17(3)10-12/h9-11,15H,4-8H2,1-3H3. The minimum atomic E-state index is -0.495. The van der Waals surface area contributed by atoms with Crippen LogP contribution in [0.1, 0.15) is 33.1 Å². The third kappa shape index (κ3) is 3.35. The normalized spacial score (nSPS) is 25.9. The molecule has 2 rings (SSSR count). The van der Waals surface area contributed by atoms with E-state index in [0.29, 0.717) is 11.9 Å². The molecule has 1 aliphatic carbocycles. The summed E-state index contributed by atoms with van der Waals surface area (Å²) in [5.41, 5.74) is -0.495. The Morgan fingerprint density at radius 2 is 2.45 bits per heavy atom. The van der Waals surface area contributed by atoms with E-state index in [2.05, 4.69) is 10.4 Å². The SMILES string of the molecule is CCNC1(C(=O)OCC)CCC(Sc2cnn(C)c2)C1. The maximum atomic E-state index is 12.2. The first kappa shape index (κ1) is 15.4. The van der Waals surface area contributed by atoms with Crippen LogP contribution >= 0.6 is 11.8 Å². The molecule has 1 heterocycles. The first-order valence-electron chi connectivity index (χ1n) is 7.17. The lowest BCUT2D eigenvalue weighted by Crippen LogP contribution is -2.51. The van der Waals surface area contributed by atoms with Gasteiger partial charge in [0.2, 0.25) is 0 Å². The van der Waals surface area contributed by atoms with Crippen LogP contribution in [0, 0.1) is 0 Å². The Labute approximate surface area is 124 Å². The fourth-order valence-corrected chi connectivity index (χ4v) is 4.09. The van der Waals surface area contributed by atoms with Gasteiger partial charge in [-0.2, -0.15) is 5.10 Å². The molecular formula is C14H23N3O2S. The lowest BCUT2D eigenvalue weighted by molar-refractivity contribution is -0.151. The molecule has 0 spiro atoms. The first-order valence-corrected chi connectivity index (χ1v) is 8.05. The predicted octanol–water partition coefficient (Wildman–Crippen LogP) is 1.98. The van der Waals surface area contributed by atoms with Gasteiger partial charge in [-0.05, 0) is 32.7 Å². The average Bonchev–Trinajstić information content (AvgIpc) is 2.99. The molecule has 0 aliphatic heterocycles. The van der Waals surface area contributed by atoms with Crippen molar-refractivity contribution in [2.45, 2.75) is 48.8 Å². The van der Waals surface area contributed by atoms with E-state index in [-0.39, 0.29) is 5.97 Å². The molecule has 1 saturated carbocycles.